The van der Waals surface area contributed by atoms with Crippen LogP contribution in [0.2, 0.25) is 0 Å². The van der Waals surface area contributed by atoms with Gasteiger partial charge in [0.15, 0.2) is 16.8 Å². The molecule has 31 heavy (non-hydrogen) atoms. The zero-order chi connectivity index (χ0) is 22.1. The molecule has 1 atom stereocenters. The van der Waals surface area contributed by atoms with E-state index in [1.165, 1.54) is 17.1 Å². The number of nitrogens with one attached hydrogen (secondary N) is 1. The molecule has 0 saturated carbocycles. The molecule has 0 amide bonds. The van der Waals surface area contributed by atoms with Gasteiger partial charge in [-0.25, -0.2) is 21.8 Å². The third-order valence-electron chi connectivity index (χ3n) is 4.44. The molecule has 2 heterocycles. The maximum Gasteiger partial charge on any atom is 0.159 e. The highest BCUT2D eigenvalue weighted by molar-refractivity contribution is 7.86. The fourth-order valence-corrected chi connectivity index (χ4v) is 3.97. The van der Waals surface area contributed by atoms with Crippen molar-refractivity contribution in [3.05, 3.63) is 84.3 Å². The lowest BCUT2D eigenvalue weighted by Crippen LogP contribution is -2.09. The van der Waals surface area contributed by atoms with E-state index in [9.17, 15) is 17.4 Å². The molecule has 0 aliphatic rings. The van der Waals surface area contributed by atoms with Crippen LogP contribution in [0.25, 0.3) is 22.4 Å². The first-order valence-corrected chi connectivity index (χ1v) is 10.1. The first kappa shape index (κ1) is 20.7. The van der Waals surface area contributed by atoms with E-state index in [1.54, 1.807) is 25.4 Å². The molecule has 1 N–H and O–H groups in total. The molecule has 4 aromatic rings. The first-order chi connectivity index (χ1) is 14.8. The monoisotopic (exact) mass is 446 g/mol. The summed E-state index contributed by atoms with van der Waals surface area (Å²) in [6.07, 6.45) is 4.67. The molecular formula is C21H14F4N4OS. The summed E-state index contributed by atoms with van der Waals surface area (Å²) in [5.74, 6) is -3.69. The molecule has 158 valence electrons. The number of anilines is 1. The quantitative estimate of drug-likeness (QED) is 0.447. The van der Waals surface area contributed by atoms with Crippen molar-refractivity contribution in [3.8, 4) is 22.4 Å². The predicted molar refractivity (Wildman–Crippen MR) is 108 cm³/mol. The lowest BCUT2D eigenvalue weighted by molar-refractivity contribution is 0.572. The van der Waals surface area contributed by atoms with E-state index in [0.29, 0.717) is 11.1 Å². The van der Waals surface area contributed by atoms with Crippen LogP contribution in [0.15, 0.2) is 66.0 Å². The second kappa shape index (κ2) is 8.31. The average Bonchev–Trinajstić information content (AvgIpc) is 3.13. The van der Waals surface area contributed by atoms with Crippen LogP contribution in [0.4, 0.5) is 23.2 Å². The highest BCUT2D eigenvalue weighted by Gasteiger charge is 2.23. The van der Waals surface area contributed by atoms with Crippen molar-refractivity contribution in [2.75, 3.05) is 4.72 Å². The van der Waals surface area contributed by atoms with Gasteiger partial charge >= 0.3 is 0 Å². The summed E-state index contributed by atoms with van der Waals surface area (Å²) in [4.78, 5) is 3.43. The Bertz CT molecular complexity index is 1290. The van der Waals surface area contributed by atoms with Crippen LogP contribution in [-0.4, -0.2) is 19.0 Å². The fourth-order valence-electron chi connectivity index (χ4n) is 3.04. The Hall–Kier alpha value is -3.53. The smallest absolute Gasteiger partial charge is 0.159 e. The average molecular weight is 446 g/mol. The summed E-state index contributed by atoms with van der Waals surface area (Å²) in [5, 5.41) is 4.19. The maximum atomic E-state index is 15.3. The molecule has 10 heteroatoms. The molecular weight excluding hydrogens is 432 g/mol. The number of hydrogen-bond donors (Lipinski definition) is 1. The van der Waals surface area contributed by atoms with E-state index in [-0.39, 0.29) is 11.4 Å². The normalized spacial score (nSPS) is 12.0. The zero-order valence-corrected chi connectivity index (χ0v) is 16.8. The highest BCUT2D eigenvalue weighted by Crippen LogP contribution is 2.36. The van der Waals surface area contributed by atoms with Crippen LogP contribution in [0.3, 0.4) is 0 Å². The summed E-state index contributed by atoms with van der Waals surface area (Å²) in [7, 11) is -0.730. The van der Waals surface area contributed by atoms with Gasteiger partial charge in [0.25, 0.3) is 0 Å². The van der Waals surface area contributed by atoms with Crippen LogP contribution in [0.1, 0.15) is 0 Å². The van der Waals surface area contributed by atoms with Crippen molar-refractivity contribution in [1.29, 1.82) is 0 Å². The Morgan fingerprint density at radius 3 is 2.42 bits per heavy atom. The van der Waals surface area contributed by atoms with E-state index in [4.69, 9.17) is 0 Å². The minimum absolute atomic E-state index is 0.0232. The van der Waals surface area contributed by atoms with Crippen molar-refractivity contribution in [2.24, 2.45) is 7.05 Å². The molecule has 4 rings (SSSR count). The zero-order valence-electron chi connectivity index (χ0n) is 15.9. The van der Waals surface area contributed by atoms with Gasteiger partial charge in [0.05, 0.1) is 16.1 Å². The van der Waals surface area contributed by atoms with Crippen LogP contribution < -0.4 is 4.72 Å². The number of halogens is 4. The maximum absolute atomic E-state index is 15.3. The summed E-state index contributed by atoms with van der Waals surface area (Å²) in [6, 6.07) is 7.75. The number of nitrogens with zero attached hydrogens (tertiary/aromatic N) is 3. The number of hydrogen-bond acceptors (Lipinski definition) is 3. The number of pyridine rings is 1. The third-order valence-corrected chi connectivity index (χ3v) is 5.56. The minimum Gasteiger partial charge on any atom is -0.298 e. The largest absolute Gasteiger partial charge is 0.298 e. The van der Waals surface area contributed by atoms with Gasteiger partial charge in [-0.2, -0.15) is 5.10 Å². The van der Waals surface area contributed by atoms with E-state index >= 15 is 4.39 Å². The number of aryl methyl sites for hydroxylation is 1. The molecule has 0 aliphatic carbocycles. The fraction of sp³-hybridized carbons (Fsp3) is 0.0476. The molecule has 0 spiro atoms. The number of rotatable bonds is 5. The van der Waals surface area contributed by atoms with Gasteiger partial charge in [-0.05, 0) is 48.0 Å². The number of aromatic nitrogens is 3. The summed E-state index contributed by atoms with van der Waals surface area (Å²) < 4.78 is 73.5. The van der Waals surface area contributed by atoms with Gasteiger partial charge in [0, 0.05) is 31.2 Å². The Morgan fingerprint density at radius 2 is 1.68 bits per heavy atom. The topological polar surface area (TPSA) is 59.8 Å². The second-order valence-electron chi connectivity index (χ2n) is 6.53. The van der Waals surface area contributed by atoms with Crippen LogP contribution in [0.5, 0.6) is 0 Å². The summed E-state index contributed by atoms with van der Waals surface area (Å²) in [5.41, 5.74) is 0.312. The molecule has 0 bridgehead atoms. The molecule has 5 nitrogen and oxygen atoms in total. The SMILES string of the molecule is Cn1cc(-c2ccncc2)c(-c2c(F)ccc(NS(=O)c3cc(F)ccc3F)c2F)n1. The van der Waals surface area contributed by atoms with Gasteiger partial charge in [-0.15, -0.1) is 0 Å². The van der Waals surface area contributed by atoms with Gasteiger partial charge in [-0.1, -0.05) is 0 Å². The second-order valence-corrected chi connectivity index (χ2v) is 7.71. The highest BCUT2D eigenvalue weighted by atomic mass is 32.2. The van der Waals surface area contributed by atoms with Gasteiger partial charge in [0.1, 0.15) is 23.1 Å². The van der Waals surface area contributed by atoms with Crippen LogP contribution in [0, 0.1) is 23.3 Å². The Kier molecular flexibility index (Phi) is 5.55. The molecule has 2 aromatic carbocycles. The Labute approximate surface area is 177 Å². The molecule has 1 unspecified atom stereocenters. The van der Waals surface area contributed by atoms with Crippen molar-refractivity contribution in [2.45, 2.75) is 4.90 Å². The van der Waals surface area contributed by atoms with E-state index in [0.717, 1.165) is 30.3 Å². The lowest BCUT2D eigenvalue weighted by atomic mass is 10.0. The standard InChI is InChI=1S/C21H14F4N4OS/c1-29-11-14(12-6-8-26-9-7-12)21(27-29)19-16(24)4-5-17(20(19)25)28-31(30)18-10-13(22)2-3-15(18)23/h2-11,28H,1H3. The third kappa shape index (κ3) is 4.06. The van der Waals surface area contributed by atoms with E-state index in [2.05, 4.69) is 14.8 Å². The minimum atomic E-state index is -2.34. The lowest BCUT2D eigenvalue weighted by Gasteiger charge is -2.12. The molecule has 0 radical (unpaired) electrons. The van der Waals surface area contributed by atoms with Crippen molar-refractivity contribution >= 4 is 16.7 Å². The predicted octanol–water partition coefficient (Wildman–Crippen LogP) is 4.84. The van der Waals surface area contributed by atoms with E-state index < -0.39 is 44.7 Å². The molecule has 2 aromatic heterocycles. The van der Waals surface area contributed by atoms with Crippen LogP contribution in [-0.2, 0) is 18.0 Å². The van der Waals surface area contributed by atoms with Crippen LogP contribution >= 0.6 is 0 Å². The number of benzene rings is 2. The van der Waals surface area contributed by atoms with Crippen molar-refractivity contribution < 1.29 is 21.8 Å². The first-order valence-electron chi connectivity index (χ1n) is 8.91. The van der Waals surface area contributed by atoms with Gasteiger partial charge in [-0.3, -0.25) is 14.4 Å². The summed E-state index contributed by atoms with van der Waals surface area (Å²) >= 11 is 0. The van der Waals surface area contributed by atoms with Crippen molar-refractivity contribution in [1.82, 2.24) is 14.8 Å². The summed E-state index contributed by atoms with van der Waals surface area (Å²) in [6.45, 7) is 0. The van der Waals surface area contributed by atoms with Crippen molar-refractivity contribution in [3.63, 3.8) is 0 Å². The Morgan fingerprint density at radius 1 is 0.968 bits per heavy atom. The molecule has 0 fully saturated rings. The van der Waals surface area contributed by atoms with Gasteiger partial charge in [0.2, 0.25) is 0 Å². The molecule has 0 saturated heterocycles. The molecule has 0 aliphatic heterocycles. The van der Waals surface area contributed by atoms with E-state index in [1.807, 2.05) is 0 Å². The van der Waals surface area contributed by atoms with Gasteiger partial charge < -0.3 is 0 Å². The Balaban J connectivity index is 1.78.